The van der Waals surface area contributed by atoms with E-state index in [2.05, 4.69) is 15.5 Å². The fourth-order valence-corrected chi connectivity index (χ4v) is 2.73. The summed E-state index contributed by atoms with van der Waals surface area (Å²) in [5.74, 6) is 0.863. The summed E-state index contributed by atoms with van der Waals surface area (Å²) in [5, 5.41) is 13.4. The number of methoxy groups -OCH3 is 1. The molecule has 3 rings (SSSR count). The molecule has 0 radical (unpaired) electrons. The lowest BCUT2D eigenvalue weighted by molar-refractivity contribution is 0.414. The Bertz CT molecular complexity index is 695. The van der Waals surface area contributed by atoms with Gasteiger partial charge in [-0.15, -0.1) is 10.2 Å². The third-order valence-electron chi connectivity index (χ3n) is 3.01. The van der Waals surface area contributed by atoms with Crippen molar-refractivity contribution in [1.29, 1.82) is 0 Å². The molecule has 2 aromatic carbocycles. The highest BCUT2D eigenvalue weighted by Gasteiger charge is 2.05. The van der Waals surface area contributed by atoms with Crippen molar-refractivity contribution in [3.63, 3.8) is 0 Å². The molecule has 1 N–H and O–H groups in total. The first-order valence-electron chi connectivity index (χ1n) is 6.61. The summed E-state index contributed by atoms with van der Waals surface area (Å²) in [4.78, 5) is 0. The van der Waals surface area contributed by atoms with E-state index in [1.807, 2.05) is 54.6 Å². The molecule has 1 aromatic heterocycles. The van der Waals surface area contributed by atoms with Crippen molar-refractivity contribution in [2.75, 3.05) is 12.4 Å². The minimum Gasteiger partial charge on any atom is -0.497 e. The molecule has 0 aliphatic rings. The highest BCUT2D eigenvalue weighted by molar-refractivity contribution is 7.15. The van der Waals surface area contributed by atoms with E-state index >= 15 is 0 Å². The fourth-order valence-electron chi connectivity index (χ4n) is 1.94. The molecule has 21 heavy (non-hydrogen) atoms. The average Bonchev–Trinajstić information content (AvgIpc) is 2.96. The van der Waals surface area contributed by atoms with E-state index < -0.39 is 0 Å². The maximum absolute atomic E-state index is 5.15. The second kappa shape index (κ2) is 6.37. The molecule has 0 bridgehead atoms. The summed E-state index contributed by atoms with van der Waals surface area (Å²) in [6.45, 7) is 0. The van der Waals surface area contributed by atoms with Gasteiger partial charge in [-0.3, -0.25) is 0 Å². The Morgan fingerprint density at radius 2 is 1.76 bits per heavy atom. The van der Waals surface area contributed by atoms with E-state index in [4.69, 9.17) is 4.74 Å². The Labute approximate surface area is 127 Å². The number of ether oxygens (including phenoxy) is 1. The molecule has 0 saturated carbocycles. The van der Waals surface area contributed by atoms with Crippen LogP contribution in [0.3, 0.4) is 0 Å². The van der Waals surface area contributed by atoms with E-state index in [0.717, 1.165) is 28.0 Å². The molecule has 0 fully saturated rings. The summed E-state index contributed by atoms with van der Waals surface area (Å²) >= 11 is 1.57. The van der Waals surface area contributed by atoms with Gasteiger partial charge in [0.2, 0.25) is 5.13 Å². The number of aromatic nitrogens is 2. The van der Waals surface area contributed by atoms with Gasteiger partial charge in [-0.1, -0.05) is 41.7 Å². The van der Waals surface area contributed by atoms with Crippen molar-refractivity contribution in [3.8, 4) is 5.75 Å². The van der Waals surface area contributed by atoms with Crippen LogP contribution in [0.4, 0.5) is 10.8 Å². The summed E-state index contributed by atoms with van der Waals surface area (Å²) in [5.41, 5.74) is 2.21. The molecule has 0 unspecified atom stereocenters. The average molecular weight is 297 g/mol. The monoisotopic (exact) mass is 297 g/mol. The Kier molecular flexibility index (Phi) is 4.12. The molecule has 0 atom stereocenters. The Morgan fingerprint density at radius 3 is 2.48 bits per heavy atom. The smallest absolute Gasteiger partial charge is 0.210 e. The predicted molar refractivity (Wildman–Crippen MR) is 85.4 cm³/mol. The molecule has 5 heteroatoms. The SMILES string of the molecule is COc1ccc(Cc2nnc(Nc3ccccc3)s2)cc1. The van der Waals surface area contributed by atoms with Crippen LogP contribution in [-0.4, -0.2) is 17.3 Å². The largest absolute Gasteiger partial charge is 0.497 e. The zero-order valence-corrected chi connectivity index (χ0v) is 12.4. The Morgan fingerprint density at radius 1 is 1.00 bits per heavy atom. The maximum atomic E-state index is 5.15. The Balaban J connectivity index is 1.67. The lowest BCUT2D eigenvalue weighted by Gasteiger charge is -2.01. The lowest BCUT2D eigenvalue weighted by Crippen LogP contribution is -1.88. The molecule has 0 saturated heterocycles. The van der Waals surface area contributed by atoms with E-state index in [1.54, 1.807) is 18.4 Å². The summed E-state index contributed by atoms with van der Waals surface area (Å²) in [6.07, 6.45) is 0.776. The predicted octanol–water partition coefficient (Wildman–Crippen LogP) is 3.88. The quantitative estimate of drug-likeness (QED) is 0.776. The molecule has 0 aliphatic carbocycles. The number of rotatable bonds is 5. The Hall–Kier alpha value is -2.40. The van der Waals surface area contributed by atoms with Crippen molar-refractivity contribution in [2.24, 2.45) is 0 Å². The number of anilines is 2. The van der Waals surface area contributed by atoms with Crippen LogP contribution >= 0.6 is 11.3 Å². The molecule has 4 nitrogen and oxygen atoms in total. The standard InChI is InChI=1S/C16H15N3OS/c1-20-14-9-7-12(8-10-14)11-15-18-19-16(21-15)17-13-5-3-2-4-6-13/h2-10H,11H2,1H3,(H,17,19). The van der Waals surface area contributed by atoms with Crippen LogP contribution in [0.1, 0.15) is 10.6 Å². The van der Waals surface area contributed by atoms with Gasteiger partial charge in [0.15, 0.2) is 0 Å². The number of para-hydroxylation sites is 1. The highest BCUT2D eigenvalue weighted by Crippen LogP contribution is 2.23. The molecule has 0 spiro atoms. The highest BCUT2D eigenvalue weighted by atomic mass is 32.1. The van der Waals surface area contributed by atoms with E-state index in [1.165, 1.54) is 5.56 Å². The van der Waals surface area contributed by atoms with Crippen LogP contribution in [0.5, 0.6) is 5.75 Å². The normalized spacial score (nSPS) is 10.3. The second-order valence-electron chi connectivity index (χ2n) is 4.52. The van der Waals surface area contributed by atoms with E-state index in [-0.39, 0.29) is 0 Å². The van der Waals surface area contributed by atoms with Gasteiger partial charge in [0, 0.05) is 12.1 Å². The van der Waals surface area contributed by atoms with Gasteiger partial charge in [-0.2, -0.15) is 0 Å². The van der Waals surface area contributed by atoms with Gasteiger partial charge in [0.05, 0.1) is 7.11 Å². The van der Waals surface area contributed by atoms with Gasteiger partial charge >= 0.3 is 0 Å². The fraction of sp³-hybridized carbons (Fsp3) is 0.125. The molecule has 106 valence electrons. The van der Waals surface area contributed by atoms with Crippen molar-refractivity contribution in [2.45, 2.75) is 6.42 Å². The third kappa shape index (κ3) is 3.58. The molecule has 0 amide bonds. The van der Waals surface area contributed by atoms with Crippen molar-refractivity contribution in [1.82, 2.24) is 10.2 Å². The van der Waals surface area contributed by atoms with Crippen molar-refractivity contribution in [3.05, 3.63) is 65.2 Å². The number of hydrogen-bond donors (Lipinski definition) is 1. The first kappa shape index (κ1) is 13.6. The topological polar surface area (TPSA) is 47.0 Å². The third-order valence-corrected chi connectivity index (χ3v) is 3.84. The number of hydrogen-bond acceptors (Lipinski definition) is 5. The van der Waals surface area contributed by atoms with Crippen LogP contribution < -0.4 is 10.1 Å². The summed E-state index contributed by atoms with van der Waals surface area (Å²) in [7, 11) is 1.67. The number of nitrogens with one attached hydrogen (secondary N) is 1. The lowest BCUT2D eigenvalue weighted by atomic mass is 10.1. The van der Waals surface area contributed by atoms with Gasteiger partial charge in [-0.25, -0.2) is 0 Å². The van der Waals surface area contributed by atoms with Crippen molar-refractivity contribution >= 4 is 22.2 Å². The number of nitrogens with zero attached hydrogens (tertiary/aromatic N) is 2. The van der Waals surface area contributed by atoms with Crippen LogP contribution in [0.15, 0.2) is 54.6 Å². The van der Waals surface area contributed by atoms with Gasteiger partial charge in [0.25, 0.3) is 0 Å². The van der Waals surface area contributed by atoms with E-state index in [0.29, 0.717) is 0 Å². The first-order valence-corrected chi connectivity index (χ1v) is 7.42. The first-order chi connectivity index (χ1) is 10.3. The molecule has 3 aromatic rings. The summed E-state index contributed by atoms with van der Waals surface area (Å²) < 4.78 is 5.15. The van der Waals surface area contributed by atoms with Gasteiger partial charge in [0.1, 0.15) is 10.8 Å². The zero-order valence-electron chi connectivity index (χ0n) is 11.6. The zero-order chi connectivity index (χ0) is 14.5. The van der Waals surface area contributed by atoms with Gasteiger partial charge in [-0.05, 0) is 29.8 Å². The second-order valence-corrected chi connectivity index (χ2v) is 5.58. The van der Waals surface area contributed by atoms with Crippen LogP contribution in [0.25, 0.3) is 0 Å². The van der Waals surface area contributed by atoms with Crippen LogP contribution in [-0.2, 0) is 6.42 Å². The minimum absolute atomic E-state index is 0.776. The van der Waals surface area contributed by atoms with Gasteiger partial charge < -0.3 is 10.1 Å². The van der Waals surface area contributed by atoms with Crippen molar-refractivity contribution < 1.29 is 4.74 Å². The molecular formula is C16H15N3OS. The van der Waals surface area contributed by atoms with E-state index in [9.17, 15) is 0 Å². The molecular weight excluding hydrogens is 282 g/mol. The van der Waals surface area contributed by atoms with Crippen LogP contribution in [0, 0.1) is 0 Å². The minimum atomic E-state index is 0.776. The molecule has 1 heterocycles. The molecule has 0 aliphatic heterocycles. The maximum Gasteiger partial charge on any atom is 0.210 e. The summed E-state index contributed by atoms with van der Waals surface area (Å²) in [6, 6.07) is 18.0. The number of benzene rings is 2. The van der Waals surface area contributed by atoms with Crippen LogP contribution in [0.2, 0.25) is 0 Å².